The zero-order valence-corrected chi connectivity index (χ0v) is 11.5. The molecule has 0 amide bonds. The minimum Gasteiger partial charge on any atom is -0.313 e. The number of hydrogen-bond donors (Lipinski definition) is 1. The lowest BCUT2D eigenvalue weighted by molar-refractivity contribution is 0.479. The highest BCUT2D eigenvalue weighted by Crippen LogP contribution is 2.39. The van der Waals surface area contributed by atoms with Crippen molar-refractivity contribution in [1.82, 2.24) is 5.32 Å². The molecule has 1 aliphatic carbocycles. The molecule has 3 heteroatoms. The highest BCUT2D eigenvalue weighted by Gasteiger charge is 2.29. The van der Waals surface area contributed by atoms with E-state index < -0.39 is 0 Å². The van der Waals surface area contributed by atoms with Crippen molar-refractivity contribution in [3.05, 3.63) is 20.8 Å². The molecule has 0 saturated heterocycles. The molecule has 1 aliphatic rings. The zero-order chi connectivity index (χ0) is 10.7. The number of hydrogen-bond acceptors (Lipinski definition) is 2. The average Bonchev–Trinajstić information content (AvgIpc) is 2.82. The second-order valence-electron chi connectivity index (χ2n) is 4.27. The summed E-state index contributed by atoms with van der Waals surface area (Å²) in [7, 11) is 0. The van der Waals surface area contributed by atoms with Gasteiger partial charge in [-0.25, -0.2) is 0 Å². The van der Waals surface area contributed by atoms with Crippen LogP contribution >= 0.6 is 27.3 Å². The maximum Gasteiger partial charge on any atom is 0.0317 e. The van der Waals surface area contributed by atoms with Crippen molar-refractivity contribution in [2.24, 2.45) is 0 Å². The lowest BCUT2D eigenvalue weighted by Crippen LogP contribution is -2.31. The molecule has 0 spiro atoms. The van der Waals surface area contributed by atoms with Crippen LogP contribution in [0.5, 0.6) is 0 Å². The molecule has 15 heavy (non-hydrogen) atoms. The largest absolute Gasteiger partial charge is 0.313 e. The summed E-state index contributed by atoms with van der Waals surface area (Å²) in [4.78, 5) is 0. The van der Waals surface area contributed by atoms with E-state index in [4.69, 9.17) is 0 Å². The van der Waals surface area contributed by atoms with Crippen molar-refractivity contribution in [3.63, 3.8) is 0 Å². The molecule has 0 aliphatic heterocycles. The third-order valence-electron chi connectivity index (χ3n) is 3.21. The second kappa shape index (κ2) is 5.46. The topological polar surface area (TPSA) is 12.0 Å². The fourth-order valence-electron chi connectivity index (χ4n) is 2.46. The van der Waals surface area contributed by atoms with Crippen LogP contribution in [-0.2, 0) is 0 Å². The molecule has 1 N–H and O–H groups in total. The predicted molar refractivity (Wildman–Crippen MR) is 70.7 cm³/mol. The molecule has 2 atom stereocenters. The first-order chi connectivity index (χ1) is 7.33. The van der Waals surface area contributed by atoms with Crippen molar-refractivity contribution in [3.8, 4) is 0 Å². The fourth-order valence-corrected chi connectivity index (χ4v) is 4.12. The number of thiophene rings is 1. The van der Waals surface area contributed by atoms with Gasteiger partial charge in [0.1, 0.15) is 0 Å². The molecular weight excluding hydrogens is 270 g/mol. The maximum absolute atomic E-state index is 3.68. The molecule has 1 nitrogen and oxygen atoms in total. The van der Waals surface area contributed by atoms with E-state index in [2.05, 4.69) is 38.9 Å². The van der Waals surface area contributed by atoms with Gasteiger partial charge in [-0.15, -0.1) is 0 Å². The van der Waals surface area contributed by atoms with Crippen LogP contribution in [0.25, 0.3) is 0 Å². The molecule has 1 aromatic rings. The van der Waals surface area contributed by atoms with E-state index in [-0.39, 0.29) is 0 Å². The third-order valence-corrected chi connectivity index (χ3v) is 4.97. The molecule has 0 aromatic carbocycles. The van der Waals surface area contributed by atoms with Crippen LogP contribution in [0.3, 0.4) is 0 Å². The Kier molecular flexibility index (Phi) is 4.23. The quantitative estimate of drug-likeness (QED) is 0.877. The number of rotatable bonds is 4. The lowest BCUT2D eigenvalue weighted by Gasteiger charge is -2.20. The fraction of sp³-hybridized carbons (Fsp3) is 0.667. The molecule has 84 valence electrons. The molecule has 2 unspecified atom stereocenters. The van der Waals surface area contributed by atoms with Gasteiger partial charge in [-0.2, -0.15) is 11.3 Å². The van der Waals surface area contributed by atoms with Gasteiger partial charge < -0.3 is 5.32 Å². The molecule has 1 saturated carbocycles. The normalized spacial score (nSPS) is 26.0. The summed E-state index contributed by atoms with van der Waals surface area (Å²) in [6, 6.07) is 0.704. The van der Waals surface area contributed by atoms with Crippen LogP contribution < -0.4 is 5.32 Å². The van der Waals surface area contributed by atoms with Gasteiger partial charge in [0, 0.05) is 21.8 Å². The second-order valence-corrected chi connectivity index (χ2v) is 5.87. The van der Waals surface area contributed by atoms with E-state index >= 15 is 0 Å². The zero-order valence-electron chi connectivity index (χ0n) is 9.13. The predicted octanol–water partition coefficient (Wildman–Crippen LogP) is 4.15. The van der Waals surface area contributed by atoms with Crippen LogP contribution in [0.2, 0.25) is 0 Å². The monoisotopic (exact) mass is 287 g/mol. The van der Waals surface area contributed by atoms with Gasteiger partial charge in [0.2, 0.25) is 0 Å². The Balaban J connectivity index is 2.04. The molecule has 1 heterocycles. The van der Waals surface area contributed by atoms with Gasteiger partial charge in [-0.1, -0.05) is 13.3 Å². The minimum absolute atomic E-state index is 0.704. The van der Waals surface area contributed by atoms with Gasteiger partial charge >= 0.3 is 0 Å². The molecule has 1 aromatic heterocycles. The van der Waals surface area contributed by atoms with Gasteiger partial charge in [0.15, 0.2) is 0 Å². The Morgan fingerprint density at radius 2 is 2.33 bits per heavy atom. The number of halogens is 1. The van der Waals surface area contributed by atoms with E-state index in [1.54, 1.807) is 11.3 Å². The summed E-state index contributed by atoms with van der Waals surface area (Å²) in [6.45, 7) is 3.39. The van der Waals surface area contributed by atoms with E-state index in [0.717, 1.165) is 12.5 Å². The summed E-state index contributed by atoms with van der Waals surface area (Å²) in [5, 5.41) is 8.19. The lowest BCUT2D eigenvalue weighted by atomic mass is 9.97. The van der Waals surface area contributed by atoms with Crippen molar-refractivity contribution >= 4 is 27.3 Å². The average molecular weight is 288 g/mol. The number of nitrogens with one attached hydrogen (secondary N) is 1. The van der Waals surface area contributed by atoms with Crippen LogP contribution in [-0.4, -0.2) is 12.6 Å². The first-order valence-electron chi connectivity index (χ1n) is 5.78. The third kappa shape index (κ3) is 2.63. The molecule has 0 bridgehead atoms. The summed E-state index contributed by atoms with van der Waals surface area (Å²) in [6.07, 6.45) is 5.28. The van der Waals surface area contributed by atoms with Crippen LogP contribution in [0.15, 0.2) is 15.2 Å². The smallest absolute Gasteiger partial charge is 0.0317 e. The van der Waals surface area contributed by atoms with Gasteiger partial charge in [0.25, 0.3) is 0 Å². The highest BCUT2D eigenvalue weighted by atomic mass is 79.9. The van der Waals surface area contributed by atoms with Crippen molar-refractivity contribution in [2.75, 3.05) is 6.54 Å². The van der Waals surface area contributed by atoms with E-state index in [1.165, 1.54) is 35.7 Å². The summed E-state index contributed by atoms with van der Waals surface area (Å²) >= 11 is 5.46. The van der Waals surface area contributed by atoms with E-state index in [0.29, 0.717) is 6.04 Å². The first-order valence-corrected chi connectivity index (χ1v) is 7.51. The van der Waals surface area contributed by atoms with Crippen LogP contribution in [0.4, 0.5) is 0 Å². The van der Waals surface area contributed by atoms with Gasteiger partial charge in [-0.3, -0.25) is 0 Å². The maximum atomic E-state index is 3.68. The molecular formula is C12H18BrNS. The van der Waals surface area contributed by atoms with Crippen molar-refractivity contribution in [1.29, 1.82) is 0 Å². The van der Waals surface area contributed by atoms with Crippen molar-refractivity contribution in [2.45, 2.75) is 44.6 Å². The Morgan fingerprint density at radius 3 is 3.00 bits per heavy atom. The summed E-state index contributed by atoms with van der Waals surface area (Å²) in [5.74, 6) is 0.733. The Hall–Kier alpha value is 0.140. The standard InChI is InChI=1S/C12H18BrNS/c1-2-6-14-12-5-3-4-9(12)10-7-15-8-11(10)13/h7-9,12,14H,2-6H2,1H3. The summed E-state index contributed by atoms with van der Waals surface area (Å²) in [5.41, 5.74) is 1.52. The minimum atomic E-state index is 0.704. The Morgan fingerprint density at radius 1 is 1.47 bits per heavy atom. The van der Waals surface area contributed by atoms with Crippen molar-refractivity contribution < 1.29 is 0 Å². The van der Waals surface area contributed by atoms with Crippen LogP contribution in [0, 0.1) is 0 Å². The van der Waals surface area contributed by atoms with E-state index in [1.807, 2.05) is 0 Å². The Labute approximate surface area is 104 Å². The van der Waals surface area contributed by atoms with Gasteiger partial charge in [-0.05, 0) is 52.7 Å². The van der Waals surface area contributed by atoms with Crippen LogP contribution in [0.1, 0.15) is 44.1 Å². The molecule has 0 radical (unpaired) electrons. The highest BCUT2D eigenvalue weighted by molar-refractivity contribution is 9.10. The first kappa shape index (κ1) is 11.6. The Bertz CT molecular complexity index is 310. The molecule has 1 fully saturated rings. The van der Waals surface area contributed by atoms with E-state index in [9.17, 15) is 0 Å². The van der Waals surface area contributed by atoms with Gasteiger partial charge in [0.05, 0.1) is 0 Å². The molecule has 2 rings (SSSR count). The summed E-state index contributed by atoms with van der Waals surface area (Å²) < 4.78 is 1.31. The SMILES string of the molecule is CCCNC1CCCC1c1cscc1Br.